The maximum atomic E-state index is 12.9. The van der Waals surface area contributed by atoms with Crippen molar-refractivity contribution >= 4 is 37.9 Å². The fourth-order valence-electron chi connectivity index (χ4n) is 2.55. The molecule has 140 valence electrons. The summed E-state index contributed by atoms with van der Waals surface area (Å²) in [6.07, 6.45) is 1.33. The Morgan fingerprint density at radius 3 is 2.72 bits per heavy atom. The van der Waals surface area contributed by atoms with Gasteiger partial charge in [-0.15, -0.1) is 0 Å². The molecule has 1 fully saturated rings. The smallest absolute Gasteiger partial charge is 0.408 e. The van der Waals surface area contributed by atoms with E-state index < -0.39 is 27.3 Å². The van der Waals surface area contributed by atoms with E-state index >= 15 is 0 Å². The van der Waals surface area contributed by atoms with Crippen molar-refractivity contribution in [2.45, 2.75) is 50.2 Å². The van der Waals surface area contributed by atoms with Gasteiger partial charge in [-0.2, -0.15) is 4.31 Å². The summed E-state index contributed by atoms with van der Waals surface area (Å²) >= 11 is 3.21. The van der Waals surface area contributed by atoms with E-state index in [0.717, 1.165) is 0 Å². The average molecular weight is 435 g/mol. The van der Waals surface area contributed by atoms with Crippen molar-refractivity contribution in [2.75, 3.05) is 18.8 Å². The summed E-state index contributed by atoms with van der Waals surface area (Å²) in [7, 11) is -3.81. The summed E-state index contributed by atoms with van der Waals surface area (Å²) in [4.78, 5) is 15.8. The number of alkyl carbamates (subject to hydrolysis) is 1. The zero-order chi connectivity index (χ0) is 19.0. The third-order valence-electron chi connectivity index (χ3n) is 3.71. The van der Waals surface area contributed by atoms with Crippen LogP contribution in [0.15, 0.2) is 21.6 Å². The number of ether oxygens (including phenoxy) is 1. The Morgan fingerprint density at radius 2 is 2.12 bits per heavy atom. The number of rotatable bonds is 3. The molecule has 0 spiro atoms. The highest BCUT2D eigenvalue weighted by atomic mass is 79.9. The molecular weight excluding hydrogens is 412 g/mol. The van der Waals surface area contributed by atoms with Gasteiger partial charge in [-0.25, -0.2) is 18.2 Å². The molecule has 2 rings (SSSR count). The fourth-order valence-corrected chi connectivity index (χ4v) is 4.69. The summed E-state index contributed by atoms with van der Waals surface area (Å²) in [6.45, 7) is 7.48. The molecule has 0 bridgehead atoms. The van der Waals surface area contributed by atoms with Crippen LogP contribution in [-0.2, 0) is 14.8 Å². The number of nitrogens with zero attached hydrogens (tertiary/aromatic N) is 2. The van der Waals surface area contributed by atoms with Crippen LogP contribution < -0.4 is 11.1 Å². The van der Waals surface area contributed by atoms with Crippen LogP contribution in [0.1, 0.15) is 34.1 Å². The van der Waals surface area contributed by atoms with Gasteiger partial charge in [0, 0.05) is 23.8 Å². The van der Waals surface area contributed by atoms with Crippen LogP contribution in [0.5, 0.6) is 0 Å². The molecule has 1 atom stereocenters. The summed E-state index contributed by atoms with van der Waals surface area (Å²) in [5, 5.41) is 2.77. The molecule has 0 aliphatic carbocycles. The van der Waals surface area contributed by atoms with Crippen molar-refractivity contribution < 1.29 is 17.9 Å². The summed E-state index contributed by atoms with van der Waals surface area (Å²) < 4.78 is 32.8. The molecule has 3 N–H and O–H groups in total. The molecule has 8 nitrogen and oxygen atoms in total. The monoisotopic (exact) mass is 434 g/mol. The number of nitrogens with two attached hydrogens (primary N) is 1. The molecule has 1 aliphatic rings. The number of halogens is 1. The number of aromatic nitrogens is 1. The Bertz CT molecular complexity index is 778. The minimum absolute atomic E-state index is 0.0524. The van der Waals surface area contributed by atoms with Gasteiger partial charge in [0.1, 0.15) is 16.3 Å². The number of amides is 1. The van der Waals surface area contributed by atoms with Crippen LogP contribution in [0.3, 0.4) is 0 Å². The zero-order valence-corrected chi connectivity index (χ0v) is 17.1. The van der Waals surface area contributed by atoms with Gasteiger partial charge in [0.25, 0.3) is 0 Å². The average Bonchev–Trinajstić information content (AvgIpc) is 2.81. The number of pyridine rings is 1. The van der Waals surface area contributed by atoms with Gasteiger partial charge in [-0.3, -0.25) is 0 Å². The lowest BCUT2D eigenvalue weighted by Crippen LogP contribution is -2.50. The predicted octanol–water partition coefficient (Wildman–Crippen LogP) is 2.10. The first kappa shape index (κ1) is 19.9. The zero-order valence-electron chi connectivity index (χ0n) is 14.7. The van der Waals surface area contributed by atoms with Crippen molar-refractivity contribution in [3.8, 4) is 0 Å². The maximum absolute atomic E-state index is 12.9. The molecule has 0 saturated carbocycles. The van der Waals surface area contributed by atoms with Crippen LogP contribution >= 0.6 is 15.9 Å². The third-order valence-corrected chi connectivity index (χ3v) is 6.02. The minimum atomic E-state index is -3.81. The fraction of sp³-hybridized carbons (Fsp3) is 0.600. The number of nitrogens with one attached hydrogen (secondary N) is 1. The number of nitrogen functional groups attached to an aromatic ring is 1. The van der Waals surface area contributed by atoms with Gasteiger partial charge in [-0.05, 0) is 56.1 Å². The molecule has 1 aliphatic heterocycles. The Hall–Kier alpha value is -1.39. The second kappa shape index (κ2) is 6.73. The quantitative estimate of drug-likeness (QED) is 0.752. The second-order valence-corrected chi connectivity index (χ2v) is 10.1. The number of carbonyl (C=O) groups is 1. The number of hydrogen-bond donors (Lipinski definition) is 2. The van der Waals surface area contributed by atoms with Gasteiger partial charge < -0.3 is 15.8 Å². The second-order valence-electron chi connectivity index (χ2n) is 7.31. The van der Waals surface area contributed by atoms with E-state index in [0.29, 0.717) is 10.9 Å². The van der Waals surface area contributed by atoms with Gasteiger partial charge >= 0.3 is 6.09 Å². The van der Waals surface area contributed by atoms with Crippen LogP contribution in [0.4, 0.5) is 10.6 Å². The van der Waals surface area contributed by atoms with Gasteiger partial charge in [0.05, 0.1) is 5.54 Å². The lowest BCUT2D eigenvalue weighted by atomic mass is 10.0. The lowest BCUT2D eigenvalue weighted by Gasteiger charge is -2.28. The van der Waals surface area contributed by atoms with Gasteiger partial charge in [0.15, 0.2) is 0 Å². The molecule has 0 unspecified atom stereocenters. The Balaban J connectivity index is 2.16. The SMILES string of the molecule is CC(C)(C)OC(=O)N[C@@]1(C)CCN(S(=O)(=O)c2cc(Br)cnc2N)C1. The van der Waals surface area contributed by atoms with Crippen LogP contribution in [0, 0.1) is 0 Å². The third kappa shape index (κ3) is 4.83. The largest absolute Gasteiger partial charge is 0.444 e. The normalized spacial score (nSPS) is 22.0. The van der Waals surface area contributed by atoms with E-state index in [9.17, 15) is 13.2 Å². The first-order chi connectivity index (χ1) is 11.3. The van der Waals surface area contributed by atoms with Crippen molar-refractivity contribution in [3.63, 3.8) is 0 Å². The van der Waals surface area contributed by atoms with Gasteiger partial charge in [-0.1, -0.05) is 0 Å². The molecule has 1 amide bonds. The van der Waals surface area contributed by atoms with Crippen LogP contribution in [-0.4, -0.2) is 48.0 Å². The molecule has 2 heterocycles. The number of hydrogen-bond acceptors (Lipinski definition) is 6. The number of anilines is 1. The van der Waals surface area contributed by atoms with Crippen LogP contribution in [0.25, 0.3) is 0 Å². The first-order valence-corrected chi connectivity index (χ1v) is 9.98. The van der Waals surface area contributed by atoms with Gasteiger partial charge in [0.2, 0.25) is 10.0 Å². The summed E-state index contributed by atoms with van der Waals surface area (Å²) in [6, 6.07) is 1.43. The van der Waals surface area contributed by atoms with E-state index in [1.165, 1.54) is 16.6 Å². The van der Waals surface area contributed by atoms with Crippen molar-refractivity contribution in [3.05, 3.63) is 16.7 Å². The van der Waals surface area contributed by atoms with Crippen molar-refractivity contribution in [2.24, 2.45) is 0 Å². The van der Waals surface area contributed by atoms with E-state index in [1.807, 2.05) is 0 Å². The predicted molar refractivity (Wildman–Crippen MR) is 97.5 cm³/mol. The molecule has 0 radical (unpaired) electrons. The van der Waals surface area contributed by atoms with E-state index in [4.69, 9.17) is 10.5 Å². The molecule has 1 saturated heterocycles. The Labute approximate surface area is 156 Å². The van der Waals surface area contributed by atoms with Crippen LogP contribution in [0.2, 0.25) is 0 Å². The molecule has 1 aromatic heterocycles. The van der Waals surface area contributed by atoms with E-state index in [2.05, 4.69) is 26.2 Å². The van der Waals surface area contributed by atoms with Crippen molar-refractivity contribution in [1.82, 2.24) is 14.6 Å². The Kier molecular flexibility index (Phi) is 5.36. The number of carbonyl (C=O) groups excluding carboxylic acids is 1. The van der Waals surface area contributed by atoms with E-state index in [-0.39, 0.29) is 23.8 Å². The topological polar surface area (TPSA) is 115 Å². The summed E-state index contributed by atoms with van der Waals surface area (Å²) in [5.41, 5.74) is 4.39. The molecule has 1 aromatic rings. The highest BCUT2D eigenvalue weighted by Gasteiger charge is 2.42. The molecule has 0 aromatic carbocycles. The maximum Gasteiger partial charge on any atom is 0.408 e. The molecular formula is C15H23BrN4O4S. The summed E-state index contributed by atoms with van der Waals surface area (Å²) in [5.74, 6) is -0.0584. The lowest BCUT2D eigenvalue weighted by molar-refractivity contribution is 0.0470. The standard InChI is InChI=1S/C15H23BrN4O4S/c1-14(2,3)24-13(21)19-15(4)5-6-20(9-15)25(22,23)11-7-10(16)8-18-12(11)17/h7-8H,5-6,9H2,1-4H3,(H2,17,18)(H,19,21)/t15-/m0/s1. The molecule has 25 heavy (non-hydrogen) atoms. The minimum Gasteiger partial charge on any atom is -0.444 e. The highest BCUT2D eigenvalue weighted by Crippen LogP contribution is 2.30. The first-order valence-electron chi connectivity index (χ1n) is 7.75. The highest BCUT2D eigenvalue weighted by molar-refractivity contribution is 9.10. The molecule has 10 heteroatoms. The van der Waals surface area contributed by atoms with E-state index in [1.54, 1.807) is 27.7 Å². The van der Waals surface area contributed by atoms with Crippen molar-refractivity contribution in [1.29, 1.82) is 0 Å². The Morgan fingerprint density at radius 1 is 1.48 bits per heavy atom. The number of sulfonamides is 1.